The third-order valence-corrected chi connectivity index (χ3v) is 5.47. The second-order valence-electron chi connectivity index (χ2n) is 7.67. The third kappa shape index (κ3) is 2.62. The van der Waals surface area contributed by atoms with Crippen LogP contribution in [0.4, 0.5) is 0 Å². The molecule has 3 aromatic rings. The number of benzene rings is 1. The summed E-state index contributed by atoms with van der Waals surface area (Å²) in [6.07, 6.45) is 3.57. The summed E-state index contributed by atoms with van der Waals surface area (Å²) in [7, 11) is -0.390. The van der Waals surface area contributed by atoms with E-state index in [9.17, 15) is 0 Å². The Labute approximate surface area is 153 Å². The highest BCUT2D eigenvalue weighted by Gasteiger charge is 2.51. The lowest BCUT2D eigenvalue weighted by Crippen LogP contribution is -2.41. The first-order chi connectivity index (χ1) is 12.3. The summed E-state index contributed by atoms with van der Waals surface area (Å²) in [5.41, 5.74) is 3.90. The molecule has 1 aliphatic heterocycles. The SMILES string of the molecule is CCn1cnc2c(-c3cccc(B4OC(C)(C)C(C)(C)O4)c3)cnnc21. The zero-order chi connectivity index (χ0) is 18.5. The van der Waals surface area contributed by atoms with Crippen LogP contribution >= 0.6 is 0 Å². The zero-order valence-corrected chi connectivity index (χ0v) is 15.9. The molecular formula is C19H23BN4O2. The van der Waals surface area contributed by atoms with Gasteiger partial charge in [0.25, 0.3) is 0 Å². The molecule has 6 nitrogen and oxygen atoms in total. The molecule has 3 heterocycles. The van der Waals surface area contributed by atoms with Gasteiger partial charge >= 0.3 is 7.12 Å². The molecular weight excluding hydrogens is 327 g/mol. The number of imidazole rings is 1. The number of hydrogen-bond acceptors (Lipinski definition) is 5. The molecule has 26 heavy (non-hydrogen) atoms. The van der Waals surface area contributed by atoms with Gasteiger partial charge in [-0.25, -0.2) is 4.98 Å². The molecule has 1 aliphatic rings. The van der Waals surface area contributed by atoms with Crippen molar-refractivity contribution in [3.05, 3.63) is 36.8 Å². The van der Waals surface area contributed by atoms with Gasteiger partial charge in [-0.15, -0.1) is 5.10 Å². The number of aromatic nitrogens is 4. The van der Waals surface area contributed by atoms with Crippen molar-refractivity contribution >= 4 is 23.7 Å². The molecule has 1 aromatic carbocycles. The first-order valence-corrected chi connectivity index (χ1v) is 8.95. The maximum atomic E-state index is 6.18. The molecule has 0 amide bonds. The van der Waals surface area contributed by atoms with Crippen molar-refractivity contribution in [3.63, 3.8) is 0 Å². The number of aryl methyl sites for hydroxylation is 1. The van der Waals surface area contributed by atoms with E-state index in [4.69, 9.17) is 9.31 Å². The van der Waals surface area contributed by atoms with Gasteiger partial charge in [-0.3, -0.25) is 0 Å². The van der Waals surface area contributed by atoms with E-state index >= 15 is 0 Å². The minimum Gasteiger partial charge on any atom is -0.399 e. The predicted octanol–water partition coefficient (Wildman–Crippen LogP) is 2.81. The summed E-state index contributed by atoms with van der Waals surface area (Å²) < 4.78 is 14.4. The molecule has 7 heteroatoms. The Morgan fingerprint density at radius 1 is 1.12 bits per heavy atom. The highest BCUT2D eigenvalue weighted by atomic mass is 16.7. The third-order valence-electron chi connectivity index (χ3n) is 5.47. The second-order valence-corrected chi connectivity index (χ2v) is 7.67. The van der Waals surface area contributed by atoms with Crippen LogP contribution in [-0.4, -0.2) is 38.1 Å². The summed E-state index contributed by atoms with van der Waals surface area (Å²) in [4.78, 5) is 4.54. The zero-order valence-electron chi connectivity index (χ0n) is 15.9. The van der Waals surface area contributed by atoms with Crippen LogP contribution in [0.1, 0.15) is 34.6 Å². The Morgan fingerprint density at radius 2 is 1.85 bits per heavy atom. The molecule has 2 aromatic heterocycles. The first kappa shape index (κ1) is 17.2. The summed E-state index contributed by atoms with van der Waals surface area (Å²) >= 11 is 0. The number of hydrogen-bond donors (Lipinski definition) is 0. The smallest absolute Gasteiger partial charge is 0.399 e. The Bertz CT molecular complexity index is 951. The number of fused-ring (bicyclic) bond motifs is 1. The van der Waals surface area contributed by atoms with Crippen LogP contribution in [0, 0.1) is 0 Å². The molecule has 0 N–H and O–H groups in total. The maximum Gasteiger partial charge on any atom is 0.494 e. The van der Waals surface area contributed by atoms with Crippen LogP contribution in [0.15, 0.2) is 36.8 Å². The van der Waals surface area contributed by atoms with Crippen molar-refractivity contribution in [2.45, 2.75) is 52.4 Å². The lowest BCUT2D eigenvalue weighted by atomic mass is 9.78. The minimum atomic E-state index is -0.390. The van der Waals surface area contributed by atoms with Crippen molar-refractivity contribution in [3.8, 4) is 11.1 Å². The molecule has 0 aliphatic carbocycles. The van der Waals surface area contributed by atoms with Crippen LogP contribution in [0.5, 0.6) is 0 Å². The van der Waals surface area contributed by atoms with Gasteiger partial charge in [0, 0.05) is 12.1 Å². The molecule has 1 saturated heterocycles. The van der Waals surface area contributed by atoms with Gasteiger partial charge in [0.2, 0.25) is 0 Å². The quantitative estimate of drug-likeness (QED) is 0.680. The van der Waals surface area contributed by atoms with Crippen LogP contribution in [0.3, 0.4) is 0 Å². The van der Waals surface area contributed by atoms with Gasteiger partial charge in [-0.2, -0.15) is 5.10 Å². The van der Waals surface area contributed by atoms with Gasteiger partial charge in [0.15, 0.2) is 5.65 Å². The van der Waals surface area contributed by atoms with E-state index in [0.717, 1.165) is 34.3 Å². The molecule has 4 rings (SSSR count). The Balaban J connectivity index is 1.75. The summed E-state index contributed by atoms with van der Waals surface area (Å²) in [6, 6.07) is 8.18. The monoisotopic (exact) mass is 350 g/mol. The average molecular weight is 350 g/mol. The van der Waals surface area contributed by atoms with Gasteiger partial charge in [0.1, 0.15) is 5.52 Å². The number of rotatable bonds is 3. The van der Waals surface area contributed by atoms with E-state index in [-0.39, 0.29) is 11.2 Å². The van der Waals surface area contributed by atoms with Gasteiger partial charge < -0.3 is 13.9 Å². The molecule has 0 spiro atoms. The maximum absolute atomic E-state index is 6.18. The van der Waals surface area contributed by atoms with Gasteiger partial charge in [-0.05, 0) is 45.6 Å². The van der Waals surface area contributed by atoms with Crippen LogP contribution in [0.2, 0.25) is 0 Å². The summed E-state index contributed by atoms with van der Waals surface area (Å²) in [6.45, 7) is 11.1. The van der Waals surface area contributed by atoms with Crippen LogP contribution < -0.4 is 5.46 Å². The van der Waals surface area contributed by atoms with E-state index in [1.54, 1.807) is 12.5 Å². The summed E-state index contributed by atoms with van der Waals surface area (Å²) in [5.74, 6) is 0. The number of nitrogens with zero attached hydrogens (tertiary/aromatic N) is 4. The predicted molar refractivity (Wildman–Crippen MR) is 102 cm³/mol. The fourth-order valence-corrected chi connectivity index (χ4v) is 3.15. The van der Waals surface area contributed by atoms with E-state index in [1.165, 1.54) is 0 Å². The molecule has 0 saturated carbocycles. The van der Waals surface area contributed by atoms with Gasteiger partial charge in [-0.1, -0.05) is 24.3 Å². The van der Waals surface area contributed by atoms with E-state index in [0.29, 0.717) is 0 Å². The Morgan fingerprint density at radius 3 is 2.54 bits per heavy atom. The highest BCUT2D eigenvalue weighted by molar-refractivity contribution is 6.62. The van der Waals surface area contributed by atoms with Crippen molar-refractivity contribution in [2.24, 2.45) is 0 Å². The molecule has 0 bridgehead atoms. The standard InChI is InChI=1S/C19H23BN4O2/c1-6-24-12-21-16-15(11-22-23-17(16)24)13-8-7-9-14(10-13)20-25-18(2,3)19(4,5)26-20/h7-12H,6H2,1-5H3. The van der Waals surface area contributed by atoms with E-state index < -0.39 is 7.12 Å². The van der Waals surface area contributed by atoms with Gasteiger partial charge in [0.05, 0.1) is 23.7 Å². The molecule has 1 fully saturated rings. The van der Waals surface area contributed by atoms with Crippen LogP contribution in [0.25, 0.3) is 22.3 Å². The van der Waals surface area contributed by atoms with E-state index in [2.05, 4.69) is 61.9 Å². The van der Waals surface area contributed by atoms with E-state index in [1.807, 2.05) is 16.7 Å². The molecule has 0 atom stereocenters. The molecule has 0 unspecified atom stereocenters. The Hall–Kier alpha value is -2.25. The molecule has 0 radical (unpaired) electrons. The minimum absolute atomic E-state index is 0.362. The van der Waals surface area contributed by atoms with Crippen molar-refractivity contribution < 1.29 is 9.31 Å². The largest absolute Gasteiger partial charge is 0.494 e. The van der Waals surface area contributed by atoms with Crippen molar-refractivity contribution in [1.29, 1.82) is 0 Å². The lowest BCUT2D eigenvalue weighted by molar-refractivity contribution is 0.00578. The fraction of sp³-hybridized carbons (Fsp3) is 0.421. The fourth-order valence-electron chi connectivity index (χ4n) is 3.15. The normalized spacial score (nSPS) is 18.6. The van der Waals surface area contributed by atoms with Crippen LogP contribution in [-0.2, 0) is 15.9 Å². The Kier molecular flexibility index (Phi) is 3.89. The lowest BCUT2D eigenvalue weighted by Gasteiger charge is -2.32. The molecule has 134 valence electrons. The second kappa shape index (κ2) is 5.89. The first-order valence-electron chi connectivity index (χ1n) is 8.95. The summed E-state index contributed by atoms with van der Waals surface area (Å²) in [5, 5.41) is 8.41. The van der Waals surface area contributed by atoms with Crippen molar-refractivity contribution in [2.75, 3.05) is 0 Å². The highest BCUT2D eigenvalue weighted by Crippen LogP contribution is 2.36. The van der Waals surface area contributed by atoms with Crippen molar-refractivity contribution in [1.82, 2.24) is 19.7 Å². The topological polar surface area (TPSA) is 62.1 Å². The average Bonchev–Trinajstić information content (AvgIpc) is 3.12.